The second-order valence-corrected chi connectivity index (χ2v) is 3.39. The van der Waals surface area contributed by atoms with Crippen molar-refractivity contribution in [1.29, 1.82) is 0 Å². The predicted molar refractivity (Wildman–Crippen MR) is 58.4 cm³/mol. The third kappa shape index (κ3) is 3.13. The van der Waals surface area contributed by atoms with Crippen LogP contribution in [0.3, 0.4) is 0 Å². The van der Waals surface area contributed by atoms with Gasteiger partial charge < -0.3 is 15.6 Å². The Bertz CT molecular complexity index is 399. The van der Waals surface area contributed by atoms with Gasteiger partial charge in [0.2, 0.25) is 0 Å². The molecule has 86 valence electrons. The highest BCUT2D eigenvalue weighted by molar-refractivity contribution is 6.34. The molecule has 6 heteroatoms. The highest BCUT2D eigenvalue weighted by Gasteiger charge is 2.15. The molecule has 0 bridgehead atoms. The minimum absolute atomic E-state index is 0.0644. The minimum atomic E-state index is -1.04. The van der Waals surface area contributed by atoms with Crippen molar-refractivity contribution in [2.75, 3.05) is 12.3 Å². The van der Waals surface area contributed by atoms with Crippen molar-refractivity contribution in [1.82, 2.24) is 0 Å². The highest BCUT2D eigenvalue weighted by Crippen LogP contribution is 2.22. The molecule has 5 nitrogen and oxygen atoms in total. The first-order valence-corrected chi connectivity index (χ1v) is 4.83. The van der Waals surface area contributed by atoms with Gasteiger partial charge in [0.15, 0.2) is 0 Å². The van der Waals surface area contributed by atoms with Crippen LogP contribution in [0.25, 0.3) is 0 Å². The number of halogens is 1. The van der Waals surface area contributed by atoms with E-state index in [9.17, 15) is 9.59 Å². The van der Waals surface area contributed by atoms with Crippen LogP contribution in [0, 0.1) is 0 Å². The molecule has 0 radical (unpaired) electrons. The molecule has 0 aliphatic rings. The lowest BCUT2D eigenvalue weighted by atomic mass is 10.2. The van der Waals surface area contributed by atoms with Gasteiger partial charge in [-0.05, 0) is 12.1 Å². The molecule has 0 atom stereocenters. The standard InChI is InChI=1S/C10H10ClNO4/c11-6-2-1-3-7(12)9(6)10(15)16-5-4-8(13)14/h1-3H,4-5,12H2,(H,13,14). The van der Waals surface area contributed by atoms with Gasteiger partial charge in [-0.25, -0.2) is 4.79 Å². The van der Waals surface area contributed by atoms with Gasteiger partial charge in [-0.2, -0.15) is 0 Å². The van der Waals surface area contributed by atoms with E-state index in [2.05, 4.69) is 0 Å². The van der Waals surface area contributed by atoms with Crippen LogP contribution >= 0.6 is 11.6 Å². The third-order valence-electron chi connectivity index (χ3n) is 1.80. The fourth-order valence-corrected chi connectivity index (χ4v) is 1.32. The number of ether oxygens (including phenoxy) is 1. The molecule has 1 aromatic rings. The van der Waals surface area contributed by atoms with Crippen LogP contribution in [0.2, 0.25) is 5.02 Å². The van der Waals surface area contributed by atoms with E-state index in [0.717, 1.165) is 0 Å². The molecule has 1 aromatic carbocycles. The Morgan fingerprint density at radius 1 is 1.44 bits per heavy atom. The summed E-state index contributed by atoms with van der Waals surface area (Å²) in [6.45, 7) is -0.209. The normalized spacial score (nSPS) is 9.81. The van der Waals surface area contributed by atoms with Gasteiger partial charge in [0, 0.05) is 5.69 Å². The van der Waals surface area contributed by atoms with Crippen LogP contribution in [0.4, 0.5) is 5.69 Å². The van der Waals surface area contributed by atoms with Crippen LogP contribution in [0.1, 0.15) is 16.8 Å². The molecule has 0 saturated carbocycles. The molecule has 0 unspecified atom stereocenters. The molecular weight excluding hydrogens is 234 g/mol. The van der Waals surface area contributed by atoms with E-state index in [-0.39, 0.29) is 29.3 Å². The molecule has 0 amide bonds. The van der Waals surface area contributed by atoms with Gasteiger partial charge in [0.25, 0.3) is 0 Å². The Balaban J connectivity index is 2.70. The molecule has 0 fully saturated rings. The van der Waals surface area contributed by atoms with Gasteiger partial charge in [-0.3, -0.25) is 4.79 Å². The maximum Gasteiger partial charge on any atom is 0.341 e. The average Bonchev–Trinajstić information content (AvgIpc) is 2.16. The first kappa shape index (κ1) is 12.3. The number of aliphatic carboxylic acids is 1. The van der Waals surface area contributed by atoms with Crippen LogP contribution in [0.5, 0.6) is 0 Å². The van der Waals surface area contributed by atoms with E-state index in [1.807, 2.05) is 0 Å². The smallest absolute Gasteiger partial charge is 0.341 e. The Morgan fingerprint density at radius 2 is 2.12 bits per heavy atom. The first-order valence-electron chi connectivity index (χ1n) is 4.45. The number of carboxylic acid groups (broad SMARTS) is 1. The summed E-state index contributed by atoms with van der Waals surface area (Å²) in [6.07, 6.45) is -0.254. The number of benzene rings is 1. The maximum absolute atomic E-state index is 11.5. The lowest BCUT2D eigenvalue weighted by molar-refractivity contribution is -0.137. The summed E-state index contributed by atoms with van der Waals surface area (Å²) < 4.78 is 4.72. The van der Waals surface area contributed by atoms with Crippen molar-refractivity contribution >= 4 is 29.2 Å². The SMILES string of the molecule is Nc1cccc(Cl)c1C(=O)OCCC(=O)O. The van der Waals surface area contributed by atoms with Crippen molar-refractivity contribution < 1.29 is 19.4 Å². The fourth-order valence-electron chi connectivity index (χ4n) is 1.06. The number of carbonyl (C=O) groups is 2. The minimum Gasteiger partial charge on any atom is -0.481 e. The molecule has 0 aliphatic heterocycles. The van der Waals surface area contributed by atoms with Crippen LogP contribution in [0.15, 0.2) is 18.2 Å². The number of anilines is 1. The monoisotopic (exact) mass is 243 g/mol. The van der Waals surface area contributed by atoms with Crippen LogP contribution in [-0.2, 0) is 9.53 Å². The number of rotatable bonds is 4. The van der Waals surface area contributed by atoms with E-state index in [0.29, 0.717) is 0 Å². The molecule has 1 rings (SSSR count). The topological polar surface area (TPSA) is 89.6 Å². The fraction of sp³-hybridized carbons (Fsp3) is 0.200. The van der Waals surface area contributed by atoms with Gasteiger partial charge in [0.05, 0.1) is 11.4 Å². The van der Waals surface area contributed by atoms with Crippen molar-refractivity contribution in [3.05, 3.63) is 28.8 Å². The lowest BCUT2D eigenvalue weighted by Gasteiger charge is -2.07. The van der Waals surface area contributed by atoms with Crippen molar-refractivity contribution in [3.8, 4) is 0 Å². The van der Waals surface area contributed by atoms with E-state index in [1.165, 1.54) is 12.1 Å². The zero-order chi connectivity index (χ0) is 12.1. The first-order chi connectivity index (χ1) is 7.52. The number of carboxylic acids is 1. The summed E-state index contributed by atoms with van der Waals surface area (Å²) in [5.74, 6) is -1.76. The van der Waals surface area contributed by atoms with Crippen molar-refractivity contribution in [2.24, 2.45) is 0 Å². The molecule has 0 aromatic heterocycles. The summed E-state index contributed by atoms with van der Waals surface area (Å²) in [6, 6.07) is 4.62. The Hall–Kier alpha value is -1.75. The van der Waals surface area contributed by atoms with Crippen LogP contribution in [-0.4, -0.2) is 23.7 Å². The molecular formula is C10H10ClNO4. The van der Waals surface area contributed by atoms with E-state index >= 15 is 0 Å². The van der Waals surface area contributed by atoms with E-state index in [4.69, 9.17) is 27.2 Å². The lowest BCUT2D eigenvalue weighted by Crippen LogP contribution is -2.12. The number of nitrogens with two attached hydrogens (primary N) is 1. The van der Waals surface area contributed by atoms with Gasteiger partial charge in [-0.1, -0.05) is 17.7 Å². The summed E-state index contributed by atoms with van der Waals surface area (Å²) >= 11 is 5.77. The van der Waals surface area contributed by atoms with Crippen LogP contribution < -0.4 is 5.73 Å². The third-order valence-corrected chi connectivity index (χ3v) is 2.11. The number of carbonyl (C=O) groups excluding carboxylic acids is 1. The summed E-state index contributed by atoms with van der Waals surface area (Å²) in [5.41, 5.74) is 5.82. The molecule has 0 saturated heterocycles. The Morgan fingerprint density at radius 3 is 2.69 bits per heavy atom. The Kier molecular flexibility index (Phi) is 4.13. The van der Waals surface area contributed by atoms with Gasteiger partial charge >= 0.3 is 11.9 Å². The van der Waals surface area contributed by atoms with Crippen molar-refractivity contribution in [2.45, 2.75) is 6.42 Å². The molecule has 3 N–H and O–H groups in total. The van der Waals surface area contributed by atoms with Gasteiger partial charge in [-0.15, -0.1) is 0 Å². The molecule has 0 heterocycles. The van der Waals surface area contributed by atoms with Gasteiger partial charge in [0.1, 0.15) is 12.2 Å². The second kappa shape index (κ2) is 5.37. The zero-order valence-corrected chi connectivity index (χ0v) is 9.03. The predicted octanol–water partition coefficient (Wildman–Crippen LogP) is 1.55. The van der Waals surface area contributed by atoms with E-state index < -0.39 is 11.9 Å². The molecule has 0 spiro atoms. The average molecular weight is 244 g/mol. The zero-order valence-electron chi connectivity index (χ0n) is 8.27. The number of hydrogen-bond acceptors (Lipinski definition) is 4. The summed E-state index contributed by atoms with van der Waals surface area (Å²) in [4.78, 5) is 21.7. The molecule has 0 aliphatic carbocycles. The summed E-state index contributed by atoms with van der Waals surface area (Å²) in [7, 11) is 0. The maximum atomic E-state index is 11.5. The largest absolute Gasteiger partial charge is 0.481 e. The number of esters is 1. The Labute approximate surface area is 96.8 Å². The van der Waals surface area contributed by atoms with E-state index in [1.54, 1.807) is 6.07 Å². The summed E-state index contributed by atoms with van der Waals surface area (Å²) in [5, 5.41) is 8.54. The molecule has 16 heavy (non-hydrogen) atoms. The second-order valence-electron chi connectivity index (χ2n) is 2.98. The highest BCUT2D eigenvalue weighted by atomic mass is 35.5. The number of nitrogen functional groups attached to an aromatic ring is 1. The number of hydrogen-bond donors (Lipinski definition) is 2. The quantitative estimate of drug-likeness (QED) is 0.619. The van der Waals surface area contributed by atoms with Crippen molar-refractivity contribution in [3.63, 3.8) is 0 Å².